The third kappa shape index (κ3) is 3.21. The number of benzene rings is 1. The highest BCUT2D eigenvalue weighted by Gasteiger charge is 2.36. The van der Waals surface area contributed by atoms with Gasteiger partial charge in [-0.05, 0) is 31.2 Å². The Labute approximate surface area is 127 Å². The van der Waals surface area contributed by atoms with Crippen LogP contribution in [0.5, 0.6) is 5.75 Å². The second-order valence-corrected chi connectivity index (χ2v) is 6.89. The van der Waals surface area contributed by atoms with E-state index in [2.05, 4.69) is 4.74 Å². The zero-order chi connectivity index (χ0) is 15.5. The average molecular weight is 329 g/mol. The van der Waals surface area contributed by atoms with Crippen LogP contribution in [0.1, 0.15) is 6.92 Å². The lowest BCUT2D eigenvalue weighted by Crippen LogP contribution is -2.16. The standard InChI is InChI=1S/C14H14ClO5P/c1-3-20-21(17)11(5-7-14(16)18-2)9-19-12-6-4-10(15)8-13(12)21/h4-9H,3H2,1-2H3/b7-5+. The van der Waals surface area contributed by atoms with Crippen LogP contribution in [0.25, 0.3) is 0 Å². The van der Waals surface area contributed by atoms with Gasteiger partial charge in [0, 0.05) is 11.1 Å². The van der Waals surface area contributed by atoms with Crippen LogP contribution in [0.15, 0.2) is 41.9 Å². The lowest BCUT2D eigenvalue weighted by molar-refractivity contribution is -0.134. The Morgan fingerprint density at radius 3 is 2.90 bits per heavy atom. The van der Waals surface area contributed by atoms with Crippen LogP contribution in [0.2, 0.25) is 5.02 Å². The predicted molar refractivity (Wildman–Crippen MR) is 80.2 cm³/mol. The minimum atomic E-state index is -3.35. The molecule has 0 N–H and O–H groups in total. The van der Waals surface area contributed by atoms with Crippen LogP contribution in [-0.4, -0.2) is 19.7 Å². The zero-order valence-electron chi connectivity index (χ0n) is 11.5. The minimum Gasteiger partial charge on any atom is -0.466 e. The van der Waals surface area contributed by atoms with Gasteiger partial charge in [-0.15, -0.1) is 0 Å². The molecule has 0 radical (unpaired) electrons. The van der Waals surface area contributed by atoms with Crippen molar-refractivity contribution >= 4 is 30.2 Å². The highest BCUT2D eigenvalue weighted by Crippen LogP contribution is 2.58. The molecule has 0 fully saturated rings. The van der Waals surface area contributed by atoms with Gasteiger partial charge in [0.2, 0.25) is 0 Å². The van der Waals surface area contributed by atoms with Gasteiger partial charge >= 0.3 is 5.97 Å². The fraction of sp³-hybridized carbons (Fsp3) is 0.214. The maximum absolute atomic E-state index is 13.2. The number of methoxy groups -OCH3 is 1. The van der Waals surface area contributed by atoms with Crippen LogP contribution in [-0.2, 0) is 18.6 Å². The van der Waals surface area contributed by atoms with Crippen molar-refractivity contribution in [2.45, 2.75) is 6.92 Å². The van der Waals surface area contributed by atoms with Crippen molar-refractivity contribution in [2.75, 3.05) is 13.7 Å². The highest BCUT2D eigenvalue weighted by molar-refractivity contribution is 7.71. The topological polar surface area (TPSA) is 61.8 Å². The lowest BCUT2D eigenvalue weighted by Gasteiger charge is -2.25. The van der Waals surface area contributed by atoms with Gasteiger partial charge in [0.1, 0.15) is 12.0 Å². The number of hydrogen-bond acceptors (Lipinski definition) is 5. The van der Waals surface area contributed by atoms with E-state index in [-0.39, 0.29) is 11.9 Å². The summed E-state index contributed by atoms with van der Waals surface area (Å²) in [5.74, 6) is -0.137. The van der Waals surface area contributed by atoms with Crippen LogP contribution >= 0.6 is 19.0 Å². The van der Waals surface area contributed by atoms with Gasteiger partial charge < -0.3 is 14.0 Å². The SMILES string of the molecule is CCOP1(=O)C(/C=C/C(=O)OC)=COc2ccc(Cl)cc21. The summed E-state index contributed by atoms with van der Waals surface area (Å²) in [5.41, 5.74) is 0. The summed E-state index contributed by atoms with van der Waals surface area (Å²) in [7, 11) is -2.09. The second kappa shape index (κ2) is 6.48. The molecule has 5 nitrogen and oxygen atoms in total. The van der Waals surface area contributed by atoms with Crippen LogP contribution in [0, 0.1) is 0 Å². The average Bonchev–Trinajstić information content (AvgIpc) is 2.47. The molecule has 0 saturated carbocycles. The summed E-state index contributed by atoms with van der Waals surface area (Å²) in [5, 5.41) is 1.07. The Morgan fingerprint density at radius 1 is 1.48 bits per heavy atom. The molecule has 0 bridgehead atoms. The molecule has 1 aromatic rings. The van der Waals surface area contributed by atoms with Gasteiger partial charge in [-0.2, -0.15) is 0 Å². The maximum atomic E-state index is 13.2. The van der Waals surface area contributed by atoms with Gasteiger partial charge in [0.15, 0.2) is 0 Å². The molecule has 112 valence electrons. The summed E-state index contributed by atoms with van der Waals surface area (Å²) in [6.45, 7) is 1.98. The molecule has 0 aliphatic carbocycles. The van der Waals surface area contributed by atoms with Crippen molar-refractivity contribution in [2.24, 2.45) is 0 Å². The van der Waals surface area contributed by atoms with Crippen LogP contribution in [0.4, 0.5) is 0 Å². The number of hydrogen-bond donors (Lipinski definition) is 0. The normalized spacial score (nSPS) is 20.6. The van der Waals surface area contributed by atoms with E-state index in [1.807, 2.05) is 0 Å². The Balaban J connectivity index is 2.48. The van der Waals surface area contributed by atoms with E-state index in [0.29, 0.717) is 16.1 Å². The first-order chi connectivity index (χ1) is 10.0. The number of carbonyl (C=O) groups is 1. The van der Waals surface area contributed by atoms with Gasteiger partial charge in [0.05, 0.1) is 24.3 Å². The van der Waals surface area contributed by atoms with Gasteiger partial charge in [-0.1, -0.05) is 11.6 Å². The van der Waals surface area contributed by atoms with Crippen molar-refractivity contribution in [1.29, 1.82) is 0 Å². The molecule has 1 unspecified atom stereocenters. The Bertz CT molecular complexity index is 665. The predicted octanol–water partition coefficient (Wildman–Crippen LogP) is 3.24. The van der Waals surface area contributed by atoms with Crippen molar-refractivity contribution in [1.82, 2.24) is 0 Å². The quantitative estimate of drug-likeness (QED) is 0.482. The number of allylic oxidation sites excluding steroid dienone is 2. The van der Waals surface area contributed by atoms with Crippen molar-refractivity contribution in [3.05, 3.63) is 47.0 Å². The first-order valence-electron chi connectivity index (χ1n) is 6.19. The van der Waals surface area contributed by atoms with E-state index in [4.69, 9.17) is 20.9 Å². The van der Waals surface area contributed by atoms with E-state index < -0.39 is 13.3 Å². The van der Waals surface area contributed by atoms with E-state index in [9.17, 15) is 9.36 Å². The third-order valence-electron chi connectivity index (χ3n) is 2.79. The number of carbonyl (C=O) groups excluding carboxylic acids is 1. The van der Waals surface area contributed by atoms with E-state index in [1.165, 1.54) is 19.4 Å². The minimum absolute atomic E-state index is 0.243. The monoisotopic (exact) mass is 328 g/mol. The molecule has 1 aliphatic rings. The molecule has 1 heterocycles. The largest absolute Gasteiger partial charge is 0.466 e. The molecular weight excluding hydrogens is 315 g/mol. The molecular formula is C14H14ClO5P. The number of ether oxygens (including phenoxy) is 2. The van der Waals surface area contributed by atoms with Crippen LogP contribution < -0.4 is 10.0 Å². The Hall–Kier alpha value is -1.55. The summed E-state index contributed by atoms with van der Waals surface area (Å²) in [6.07, 6.45) is 3.84. The van der Waals surface area contributed by atoms with Gasteiger partial charge in [-0.3, -0.25) is 4.57 Å². The molecule has 21 heavy (non-hydrogen) atoms. The molecule has 0 amide bonds. The molecule has 0 aromatic heterocycles. The highest BCUT2D eigenvalue weighted by atomic mass is 35.5. The number of esters is 1. The third-order valence-corrected chi connectivity index (χ3v) is 5.56. The molecule has 7 heteroatoms. The maximum Gasteiger partial charge on any atom is 0.330 e. The number of rotatable bonds is 4. The first kappa shape index (κ1) is 15.8. The Morgan fingerprint density at radius 2 is 2.24 bits per heavy atom. The van der Waals surface area contributed by atoms with E-state index in [0.717, 1.165) is 6.08 Å². The van der Waals surface area contributed by atoms with Crippen molar-refractivity contribution in [3.63, 3.8) is 0 Å². The van der Waals surface area contributed by atoms with Crippen LogP contribution in [0.3, 0.4) is 0 Å². The Kier molecular flexibility index (Phi) is 4.88. The van der Waals surface area contributed by atoms with Gasteiger partial charge in [0.25, 0.3) is 7.37 Å². The molecule has 1 atom stereocenters. The molecule has 1 aromatic carbocycles. The van der Waals surface area contributed by atoms with Crippen molar-refractivity contribution in [3.8, 4) is 5.75 Å². The molecule has 1 aliphatic heterocycles. The number of fused-ring (bicyclic) bond motifs is 1. The summed E-state index contributed by atoms with van der Waals surface area (Å²) in [4.78, 5) is 11.2. The fourth-order valence-corrected chi connectivity index (χ4v) is 4.20. The second-order valence-electron chi connectivity index (χ2n) is 4.10. The summed E-state index contributed by atoms with van der Waals surface area (Å²) in [6, 6.07) is 4.81. The van der Waals surface area contributed by atoms with E-state index >= 15 is 0 Å². The summed E-state index contributed by atoms with van der Waals surface area (Å²) < 4.78 is 28.6. The molecule has 0 saturated heterocycles. The van der Waals surface area contributed by atoms with Gasteiger partial charge in [-0.25, -0.2) is 4.79 Å². The summed E-state index contributed by atoms with van der Waals surface area (Å²) >= 11 is 5.96. The van der Waals surface area contributed by atoms with E-state index in [1.54, 1.807) is 25.1 Å². The van der Waals surface area contributed by atoms with Crippen molar-refractivity contribution < 1.29 is 23.4 Å². The number of halogens is 1. The lowest BCUT2D eigenvalue weighted by atomic mass is 10.3. The smallest absolute Gasteiger partial charge is 0.330 e. The molecule has 0 spiro atoms. The fourth-order valence-electron chi connectivity index (χ4n) is 1.84. The zero-order valence-corrected chi connectivity index (χ0v) is 13.2. The molecule has 2 rings (SSSR count). The first-order valence-corrected chi connectivity index (χ1v) is 8.19.